The third-order valence-electron chi connectivity index (χ3n) is 4.90. The number of hydrogen-bond acceptors (Lipinski definition) is 3. The van der Waals surface area contributed by atoms with Crippen molar-refractivity contribution in [2.45, 2.75) is 103 Å². The molecule has 0 aromatic carbocycles. The molecule has 0 aliphatic carbocycles. The molecule has 0 aromatic rings. The monoisotopic (exact) mass is 295 g/mol. The van der Waals surface area contributed by atoms with Crippen LogP contribution >= 0.6 is 0 Å². The van der Waals surface area contributed by atoms with Crippen molar-refractivity contribution in [3.05, 3.63) is 12.4 Å². The zero-order valence-corrected chi connectivity index (χ0v) is 14.6. The lowest BCUT2D eigenvalue weighted by atomic mass is 9.90. The summed E-state index contributed by atoms with van der Waals surface area (Å²) in [6.45, 7) is 6.92. The topological polar surface area (TPSA) is 27.3 Å². The molecule has 1 aliphatic rings. The van der Waals surface area contributed by atoms with E-state index in [1.54, 1.807) is 0 Å². The van der Waals surface area contributed by atoms with Crippen LogP contribution in [0.15, 0.2) is 12.4 Å². The van der Waals surface area contributed by atoms with E-state index >= 15 is 0 Å². The van der Waals surface area contributed by atoms with E-state index in [1.807, 2.05) is 6.20 Å². The van der Waals surface area contributed by atoms with Crippen LogP contribution in [0.5, 0.6) is 0 Å². The van der Waals surface area contributed by atoms with Crippen LogP contribution in [-0.4, -0.2) is 10.5 Å². The minimum atomic E-state index is 0.236. The predicted octanol–water partition coefficient (Wildman–Crippen LogP) is 5.26. The molecular formula is C18H37N3. The number of hydrogen-bond donors (Lipinski definition) is 2. The average molecular weight is 296 g/mol. The van der Waals surface area contributed by atoms with Gasteiger partial charge in [0.25, 0.3) is 0 Å². The van der Waals surface area contributed by atoms with Gasteiger partial charge in [0.05, 0.1) is 5.54 Å². The summed E-state index contributed by atoms with van der Waals surface area (Å²) in [5.74, 6) is 0. The van der Waals surface area contributed by atoms with Crippen molar-refractivity contribution in [2.75, 3.05) is 0 Å². The summed E-state index contributed by atoms with van der Waals surface area (Å²) < 4.78 is 0. The molecule has 124 valence electrons. The minimum Gasteiger partial charge on any atom is -0.310 e. The lowest BCUT2D eigenvalue weighted by molar-refractivity contribution is 0.0887. The number of hydrazine groups is 2. The molecule has 3 heteroatoms. The van der Waals surface area contributed by atoms with E-state index in [9.17, 15) is 0 Å². The molecule has 0 fully saturated rings. The first-order valence-electron chi connectivity index (χ1n) is 9.20. The van der Waals surface area contributed by atoms with Crippen molar-refractivity contribution >= 4 is 0 Å². The predicted molar refractivity (Wildman–Crippen MR) is 92.4 cm³/mol. The molecule has 2 N–H and O–H groups in total. The van der Waals surface area contributed by atoms with E-state index in [4.69, 9.17) is 0 Å². The van der Waals surface area contributed by atoms with Gasteiger partial charge in [-0.15, -0.1) is 5.53 Å². The molecule has 0 saturated heterocycles. The van der Waals surface area contributed by atoms with Gasteiger partial charge in [0, 0.05) is 12.4 Å². The van der Waals surface area contributed by atoms with Crippen molar-refractivity contribution in [1.29, 1.82) is 0 Å². The Morgan fingerprint density at radius 3 is 1.90 bits per heavy atom. The van der Waals surface area contributed by atoms with Gasteiger partial charge < -0.3 is 5.43 Å². The van der Waals surface area contributed by atoms with E-state index in [-0.39, 0.29) is 5.54 Å². The van der Waals surface area contributed by atoms with Crippen LogP contribution in [0, 0.1) is 0 Å². The molecule has 0 spiro atoms. The van der Waals surface area contributed by atoms with Gasteiger partial charge in [0.15, 0.2) is 0 Å². The molecule has 3 nitrogen and oxygen atoms in total. The fourth-order valence-electron chi connectivity index (χ4n) is 3.03. The Morgan fingerprint density at radius 1 is 0.857 bits per heavy atom. The standard InChI is InChI=1S/C18H37N3/c1-4-6-7-8-9-10-11-12-13-14-15-18(3,5-2)21-17-16-19-20-21/h16-17,19-20H,4-15H2,1-3H3. The molecule has 1 heterocycles. The Labute approximate surface area is 132 Å². The summed E-state index contributed by atoms with van der Waals surface area (Å²) in [7, 11) is 0. The Hall–Kier alpha value is -0.700. The molecule has 0 amide bonds. The normalized spacial score (nSPS) is 17.0. The second kappa shape index (κ2) is 10.9. The quantitative estimate of drug-likeness (QED) is 0.454. The molecule has 1 aliphatic heterocycles. The smallest absolute Gasteiger partial charge is 0.0544 e. The fourth-order valence-corrected chi connectivity index (χ4v) is 3.03. The van der Waals surface area contributed by atoms with Crippen molar-refractivity contribution < 1.29 is 0 Å². The van der Waals surface area contributed by atoms with Crippen LogP contribution in [0.2, 0.25) is 0 Å². The van der Waals surface area contributed by atoms with Crippen LogP contribution in [0.3, 0.4) is 0 Å². The maximum Gasteiger partial charge on any atom is 0.0544 e. The van der Waals surface area contributed by atoms with Crippen LogP contribution < -0.4 is 11.0 Å². The average Bonchev–Trinajstić information content (AvgIpc) is 3.04. The maximum absolute atomic E-state index is 3.21. The summed E-state index contributed by atoms with van der Waals surface area (Å²) >= 11 is 0. The summed E-state index contributed by atoms with van der Waals surface area (Å²) in [4.78, 5) is 0. The molecule has 0 aromatic heterocycles. The lowest BCUT2D eigenvalue weighted by Gasteiger charge is -2.37. The van der Waals surface area contributed by atoms with Gasteiger partial charge in [-0.05, 0) is 19.8 Å². The third-order valence-corrected chi connectivity index (χ3v) is 4.90. The molecule has 0 saturated carbocycles. The summed E-state index contributed by atoms with van der Waals surface area (Å²) in [5.41, 5.74) is 6.49. The second-order valence-electron chi connectivity index (χ2n) is 6.72. The highest BCUT2D eigenvalue weighted by molar-refractivity contribution is 4.94. The van der Waals surface area contributed by atoms with Crippen molar-refractivity contribution in [1.82, 2.24) is 16.0 Å². The van der Waals surface area contributed by atoms with E-state index in [2.05, 4.69) is 42.9 Å². The summed E-state index contributed by atoms with van der Waals surface area (Å²) in [5, 5.41) is 2.22. The Balaban J connectivity index is 1.98. The van der Waals surface area contributed by atoms with Gasteiger partial charge in [-0.3, -0.25) is 5.01 Å². The van der Waals surface area contributed by atoms with Gasteiger partial charge in [-0.25, -0.2) is 0 Å². The molecule has 1 rings (SSSR count). The number of nitrogens with zero attached hydrogens (tertiary/aromatic N) is 1. The van der Waals surface area contributed by atoms with Gasteiger partial charge in [0.2, 0.25) is 0 Å². The molecular weight excluding hydrogens is 258 g/mol. The van der Waals surface area contributed by atoms with Crippen LogP contribution in [0.1, 0.15) is 97.8 Å². The second-order valence-corrected chi connectivity index (χ2v) is 6.72. The number of nitrogens with one attached hydrogen (secondary N) is 2. The van der Waals surface area contributed by atoms with Crippen molar-refractivity contribution in [3.8, 4) is 0 Å². The Morgan fingerprint density at radius 2 is 1.43 bits per heavy atom. The van der Waals surface area contributed by atoms with Crippen LogP contribution in [0.4, 0.5) is 0 Å². The lowest BCUT2D eigenvalue weighted by Crippen LogP contribution is -2.50. The van der Waals surface area contributed by atoms with E-state index in [1.165, 1.54) is 77.0 Å². The van der Waals surface area contributed by atoms with Gasteiger partial charge in [-0.2, -0.15) is 0 Å². The van der Waals surface area contributed by atoms with Gasteiger partial charge in [0.1, 0.15) is 0 Å². The Kier molecular flexibility index (Phi) is 9.56. The number of unbranched alkanes of at least 4 members (excludes halogenated alkanes) is 9. The molecule has 1 unspecified atom stereocenters. The summed E-state index contributed by atoms with van der Waals surface area (Å²) in [6, 6.07) is 0. The highest BCUT2D eigenvalue weighted by atomic mass is 15.7. The number of rotatable bonds is 13. The van der Waals surface area contributed by atoms with E-state index in [0.717, 1.165) is 0 Å². The molecule has 0 bridgehead atoms. The minimum absolute atomic E-state index is 0.236. The molecule has 21 heavy (non-hydrogen) atoms. The zero-order valence-electron chi connectivity index (χ0n) is 14.6. The SMILES string of the molecule is CCCCCCCCCCCCC(C)(CC)N1C=CNN1. The Bertz CT molecular complexity index is 278. The fraction of sp³-hybridized carbons (Fsp3) is 0.889. The van der Waals surface area contributed by atoms with Crippen LogP contribution in [0.25, 0.3) is 0 Å². The zero-order chi connectivity index (χ0) is 15.4. The third kappa shape index (κ3) is 7.21. The molecule has 0 radical (unpaired) electrons. The van der Waals surface area contributed by atoms with Crippen molar-refractivity contribution in [2.24, 2.45) is 0 Å². The highest BCUT2D eigenvalue weighted by Crippen LogP contribution is 2.26. The first-order valence-corrected chi connectivity index (χ1v) is 9.20. The first kappa shape index (κ1) is 18.3. The van der Waals surface area contributed by atoms with E-state index in [0.29, 0.717) is 0 Å². The van der Waals surface area contributed by atoms with Gasteiger partial charge >= 0.3 is 0 Å². The molecule has 1 atom stereocenters. The van der Waals surface area contributed by atoms with Crippen LogP contribution in [-0.2, 0) is 0 Å². The van der Waals surface area contributed by atoms with Gasteiger partial charge in [-0.1, -0.05) is 78.1 Å². The van der Waals surface area contributed by atoms with E-state index < -0.39 is 0 Å². The maximum atomic E-state index is 3.21. The first-order chi connectivity index (χ1) is 10.2. The highest BCUT2D eigenvalue weighted by Gasteiger charge is 2.28. The van der Waals surface area contributed by atoms with Crippen molar-refractivity contribution in [3.63, 3.8) is 0 Å². The largest absolute Gasteiger partial charge is 0.310 e. The summed E-state index contributed by atoms with van der Waals surface area (Å²) in [6.07, 6.45) is 20.6.